The lowest BCUT2D eigenvalue weighted by molar-refractivity contribution is -0.137. The molecule has 1 aliphatic rings. The maximum Gasteiger partial charge on any atom is 0.303 e. The molecule has 1 rings (SSSR count). The first kappa shape index (κ1) is 10.6. The van der Waals surface area contributed by atoms with Crippen LogP contribution < -0.4 is 0 Å². The third-order valence-electron chi connectivity index (χ3n) is 3.23. The number of carboxylic acids is 1. The van der Waals surface area contributed by atoms with Crippen LogP contribution in [0.2, 0.25) is 0 Å². The molecule has 0 atom stereocenters. The summed E-state index contributed by atoms with van der Waals surface area (Å²) in [4.78, 5) is 10.3. The van der Waals surface area contributed by atoms with Crippen LogP contribution in [0.1, 0.15) is 46.5 Å². The predicted molar refractivity (Wildman–Crippen MR) is 52.5 cm³/mol. The monoisotopic (exact) mass is 184 g/mol. The van der Waals surface area contributed by atoms with Crippen molar-refractivity contribution in [3.05, 3.63) is 0 Å². The Morgan fingerprint density at radius 3 is 2.31 bits per heavy atom. The van der Waals surface area contributed by atoms with Crippen molar-refractivity contribution in [3.63, 3.8) is 0 Å². The van der Waals surface area contributed by atoms with E-state index in [-0.39, 0.29) is 0 Å². The van der Waals surface area contributed by atoms with Crippen molar-refractivity contribution in [2.45, 2.75) is 46.5 Å². The summed E-state index contributed by atoms with van der Waals surface area (Å²) in [5, 5.41) is 8.51. The molecule has 0 saturated heterocycles. The molecule has 0 heterocycles. The zero-order valence-corrected chi connectivity index (χ0v) is 8.84. The summed E-state index contributed by atoms with van der Waals surface area (Å²) in [5.74, 6) is 0.839. The molecule has 13 heavy (non-hydrogen) atoms. The highest BCUT2D eigenvalue weighted by atomic mass is 16.4. The summed E-state index contributed by atoms with van der Waals surface area (Å²) in [5.41, 5.74) is 0.416. The van der Waals surface area contributed by atoms with Crippen molar-refractivity contribution in [1.82, 2.24) is 0 Å². The van der Waals surface area contributed by atoms with E-state index >= 15 is 0 Å². The van der Waals surface area contributed by atoms with E-state index in [1.807, 2.05) is 0 Å². The van der Waals surface area contributed by atoms with Gasteiger partial charge in [-0.05, 0) is 36.5 Å². The molecule has 0 bridgehead atoms. The van der Waals surface area contributed by atoms with Gasteiger partial charge in [0.05, 0.1) is 0 Å². The van der Waals surface area contributed by atoms with E-state index in [1.54, 1.807) is 0 Å². The van der Waals surface area contributed by atoms with E-state index in [9.17, 15) is 4.79 Å². The maximum atomic E-state index is 10.3. The minimum absolute atomic E-state index is 0.349. The summed E-state index contributed by atoms with van der Waals surface area (Å²) in [6.07, 6.45) is 3.69. The number of carbonyl (C=O) groups is 1. The van der Waals surface area contributed by atoms with Crippen molar-refractivity contribution in [2.24, 2.45) is 17.3 Å². The van der Waals surface area contributed by atoms with Gasteiger partial charge < -0.3 is 5.11 Å². The summed E-state index contributed by atoms with van der Waals surface area (Å²) in [6, 6.07) is 0. The Balaban J connectivity index is 2.15. The molecular weight excluding hydrogens is 164 g/mol. The highest BCUT2D eigenvalue weighted by Crippen LogP contribution is 2.46. The summed E-state index contributed by atoms with van der Waals surface area (Å²) < 4.78 is 0. The smallest absolute Gasteiger partial charge is 0.303 e. The second-order valence-electron chi connectivity index (χ2n) is 5.33. The van der Waals surface area contributed by atoms with Crippen LogP contribution in [-0.4, -0.2) is 11.1 Å². The minimum Gasteiger partial charge on any atom is -0.481 e. The molecule has 0 spiro atoms. The Morgan fingerprint density at radius 1 is 1.38 bits per heavy atom. The SMILES string of the molecule is CC(C)(C)C1CC(CCC(=O)O)C1. The van der Waals surface area contributed by atoms with E-state index in [2.05, 4.69) is 20.8 Å². The fourth-order valence-corrected chi connectivity index (χ4v) is 2.01. The van der Waals surface area contributed by atoms with Crippen LogP contribution in [0.4, 0.5) is 0 Å². The summed E-state index contributed by atoms with van der Waals surface area (Å²) >= 11 is 0. The first-order chi connectivity index (χ1) is 5.89. The van der Waals surface area contributed by atoms with Crippen LogP contribution in [0.25, 0.3) is 0 Å². The first-order valence-electron chi connectivity index (χ1n) is 5.11. The summed E-state index contributed by atoms with van der Waals surface area (Å²) in [6.45, 7) is 6.81. The molecule has 0 aromatic heterocycles. The lowest BCUT2D eigenvalue weighted by Gasteiger charge is -2.43. The molecule has 1 N–H and O–H groups in total. The topological polar surface area (TPSA) is 37.3 Å². The Bertz CT molecular complexity index is 185. The second-order valence-corrected chi connectivity index (χ2v) is 5.33. The molecule has 0 unspecified atom stereocenters. The van der Waals surface area contributed by atoms with Crippen molar-refractivity contribution >= 4 is 5.97 Å². The largest absolute Gasteiger partial charge is 0.481 e. The molecule has 0 radical (unpaired) electrons. The zero-order chi connectivity index (χ0) is 10.1. The molecular formula is C11H20O2. The minimum atomic E-state index is -0.654. The van der Waals surface area contributed by atoms with Gasteiger partial charge in [0, 0.05) is 6.42 Å². The molecule has 0 aliphatic heterocycles. The second kappa shape index (κ2) is 3.69. The number of aliphatic carboxylic acids is 1. The maximum absolute atomic E-state index is 10.3. The highest BCUT2D eigenvalue weighted by Gasteiger charge is 2.36. The predicted octanol–water partition coefficient (Wildman–Crippen LogP) is 2.92. The standard InChI is InChI=1S/C11H20O2/c1-11(2,3)9-6-8(7-9)4-5-10(12)13/h8-9H,4-7H2,1-3H3,(H,12,13). The Hall–Kier alpha value is -0.530. The fourth-order valence-electron chi connectivity index (χ4n) is 2.01. The lowest BCUT2D eigenvalue weighted by atomic mass is 9.62. The fraction of sp³-hybridized carbons (Fsp3) is 0.909. The van der Waals surface area contributed by atoms with Gasteiger partial charge in [0.1, 0.15) is 0 Å². The van der Waals surface area contributed by atoms with Crippen molar-refractivity contribution in [3.8, 4) is 0 Å². The Kier molecular flexibility index (Phi) is 2.99. The van der Waals surface area contributed by atoms with Gasteiger partial charge in [0.25, 0.3) is 0 Å². The van der Waals surface area contributed by atoms with E-state index in [0.29, 0.717) is 17.8 Å². The third-order valence-corrected chi connectivity index (χ3v) is 3.23. The third kappa shape index (κ3) is 3.02. The van der Waals surface area contributed by atoms with Gasteiger partial charge in [0.15, 0.2) is 0 Å². The van der Waals surface area contributed by atoms with Crippen LogP contribution >= 0.6 is 0 Å². The van der Waals surface area contributed by atoms with E-state index in [0.717, 1.165) is 12.3 Å². The molecule has 1 aliphatic carbocycles. The van der Waals surface area contributed by atoms with Crippen molar-refractivity contribution in [1.29, 1.82) is 0 Å². The number of hydrogen-bond donors (Lipinski definition) is 1. The van der Waals surface area contributed by atoms with Gasteiger partial charge in [-0.3, -0.25) is 4.79 Å². The van der Waals surface area contributed by atoms with E-state index < -0.39 is 5.97 Å². The zero-order valence-electron chi connectivity index (χ0n) is 8.84. The van der Waals surface area contributed by atoms with Crippen LogP contribution in [0.5, 0.6) is 0 Å². The van der Waals surface area contributed by atoms with Gasteiger partial charge in [-0.25, -0.2) is 0 Å². The molecule has 1 fully saturated rings. The number of hydrogen-bond acceptors (Lipinski definition) is 1. The van der Waals surface area contributed by atoms with Gasteiger partial charge in [-0.15, -0.1) is 0 Å². The first-order valence-corrected chi connectivity index (χ1v) is 5.11. The molecule has 76 valence electrons. The van der Waals surface area contributed by atoms with Crippen LogP contribution in [0.15, 0.2) is 0 Å². The molecule has 1 saturated carbocycles. The molecule has 2 heteroatoms. The van der Waals surface area contributed by atoms with E-state index in [4.69, 9.17) is 5.11 Å². The van der Waals surface area contributed by atoms with Gasteiger partial charge in [0.2, 0.25) is 0 Å². The highest BCUT2D eigenvalue weighted by molar-refractivity contribution is 5.66. The van der Waals surface area contributed by atoms with Gasteiger partial charge in [-0.1, -0.05) is 20.8 Å². The molecule has 2 nitrogen and oxygen atoms in total. The average molecular weight is 184 g/mol. The molecule has 0 aromatic carbocycles. The summed E-state index contributed by atoms with van der Waals surface area (Å²) in [7, 11) is 0. The lowest BCUT2D eigenvalue weighted by Crippen LogP contribution is -2.34. The van der Waals surface area contributed by atoms with E-state index in [1.165, 1.54) is 12.8 Å². The van der Waals surface area contributed by atoms with Crippen molar-refractivity contribution < 1.29 is 9.90 Å². The molecule has 0 aromatic rings. The Morgan fingerprint density at radius 2 is 1.92 bits per heavy atom. The van der Waals surface area contributed by atoms with Gasteiger partial charge in [-0.2, -0.15) is 0 Å². The van der Waals surface area contributed by atoms with Crippen LogP contribution in [0.3, 0.4) is 0 Å². The van der Waals surface area contributed by atoms with Crippen LogP contribution in [0, 0.1) is 17.3 Å². The Labute approximate surface area is 80.3 Å². The average Bonchev–Trinajstić information content (AvgIpc) is 1.79. The number of carboxylic acid groups (broad SMARTS) is 1. The molecule has 0 amide bonds. The number of rotatable bonds is 3. The van der Waals surface area contributed by atoms with Crippen molar-refractivity contribution in [2.75, 3.05) is 0 Å². The van der Waals surface area contributed by atoms with Crippen LogP contribution in [-0.2, 0) is 4.79 Å². The quantitative estimate of drug-likeness (QED) is 0.732. The van der Waals surface area contributed by atoms with Gasteiger partial charge >= 0.3 is 5.97 Å². The normalized spacial score (nSPS) is 28.2.